The Morgan fingerprint density at radius 3 is 1.10 bits per heavy atom. The minimum absolute atomic E-state index is 0.0633. The zero-order valence-electron chi connectivity index (χ0n) is 44.9. The van der Waals surface area contributed by atoms with Crippen molar-refractivity contribution in [2.45, 2.75) is 309 Å². The molecule has 0 spiro atoms. The third-order valence-electron chi connectivity index (χ3n) is 13.2. The molecular weight excluding hydrogens is 889 g/mol. The topological polar surface area (TPSA) is 168 Å². The van der Waals surface area contributed by atoms with Gasteiger partial charge in [0.05, 0.1) is 6.61 Å². The maximum Gasteiger partial charge on any atom is 0.328 e. The van der Waals surface area contributed by atoms with E-state index < -0.39 is 36.7 Å². The van der Waals surface area contributed by atoms with Gasteiger partial charge >= 0.3 is 17.9 Å². The Kier molecular flexibility index (Phi) is 50.2. The fourth-order valence-corrected chi connectivity index (χ4v) is 9.75. The van der Waals surface area contributed by atoms with Gasteiger partial charge in [-0.25, -0.2) is 4.79 Å². The molecule has 0 aromatic rings. The summed E-state index contributed by atoms with van der Waals surface area (Å²) in [7, 11) is 0. The number of hydrogen-bond acceptors (Lipinski definition) is 9. The third kappa shape index (κ3) is 46.5. The number of carbonyl (C=O) groups excluding carboxylic acids is 4. The average molecular weight is 998 g/mol. The monoisotopic (exact) mass is 997 g/mol. The van der Waals surface area contributed by atoms with Gasteiger partial charge in [-0.3, -0.25) is 19.2 Å². The lowest BCUT2D eigenvalue weighted by Crippen LogP contribution is -2.53. The number of nitrogens with one attached hydrogen (secondary N) is 2. The van der Waals surface area contributed by atoms with Crippen molar-refractivity contribution < 1.29 is 43.7 Å². The summed E-state index contributed by atoms with van der Waals surface area (Å²) in [5.41, 5.74) is 0. The molecule has 406 valence electrons. The van der Waals surface area contributed by atoms with E-state index in [1.165, 1.54) is 192 Å². The summed E-state index contributed by atoms with van der Waals surface area (Å²) in [6, 6.07) is -2.60. The molecule has 0 unspecified atom stereocenters. The largest absolute Gasteiger partial charge is 0.480 e. The number of aliphatic carboxylic acids is 1. The molecule has 11 nitrogen and oxygen atoms in total. The maximum absolute atomic E-state index is 13.3. The molecule has 0 radical (unpaired) electrons. The number of unbranched alkanes of at least 4 members (excludes halogenated alkanes) is 36. The smallest absolute Gasteiger partial charge is 0.328 e. The van der Waals surface area contributed by atoms with Crippen LogP contribution in [-0.2, 0) is 33.4 Å². The molecule has 2 amide bonds. The van der Waals surface area contributed by atoms with E-state index in [9.17, 15) is 34.2 Å². The Labute approximate surface area is 427 Å². The summed E-state index contributed by atoms with van der Waals surface area (Å²) in [6.07, 6.45) is 46.9. The van der Waals surface area contributed by atoms with Crippen LogP contribution in [0.1, 0.15) is 290 Å². The van der Waals surface area contributed by atoms with E-state index in [-0.39, 0.29) is 48.8 Å². The van der Waals surface area contributed by atoms with Gasteiger partial charge in [0.25, 0.3) is 0 Å². The fraction of sp³-hybridized carbons (Fsp3) is 0.912. The molecule has 0 aliphatic carbocycles. The van der Waals surface area contributed by atoms with Gasteiger partial charge < -0.3 is 30.3 Å². The second-order valence-corrected chi connectivity index (χ2v) is 21.1. The van der Waals surface area contributed by atoms with E-state index in [0.29, 0.717) is 12.8 Å². The van der Waals surface area contributed by atoms with E-state index in [1.54, 1.807) is 0 Å². The van der Waals surface area contributed by atoms with Gasteiger partial charge in [0.2, 0.25) is 11.8 Å². The van der Waals surface area contributed by atoms with Crippen molar-refractivity contribution in [2.75, 3.05) is 24.7 Å². The van der Waals surface area contributed by atoms with Gasteiger partial charge in [0, 0.05) is 30.8 Å². The molecule has 0 bridgehead atoms. The second kappa shape index (κ2) is 52.0. The predicted octanol–water partition coefficient (Wildman–Crippen LogP) is 14.7. The van der Waals surface area contributed by atoms with Gasteiger partial charge in [-0.05, 0) is 19.3 Å². The highest BCUT2D eigenvalue weighted by molar-refractivity contribution is 7.99. The Morgan fingerprint density at radius 1 is 0.420 bits per heavy atom. The first-order valence-electron chi connectivity index (χ1n) is 29.0. The molecule has 0 aromatic heterocycles. The molecule has 0 heterocycles. The van der Waals surface area contributed by atoms with Crippen LogP contribution in [-0.4, -0.2) is 82.8 Å². The van der Waals surface area contributed by atoms with Crippen molar-refractivity contribution in [3.05, 3.63) is 0 Å². The summed E-state index contributed by atoms with van der Waals surface area (Å²) < 4.78 is 11.5. The van der Waals surface area contributed by atoms with Gasteiger partial charge in [-0.15, -0.1) is 0 Å². The lowest BCUT2D eigenvalue weighted by atomic mass is 10.0. The minimum Gasteiger partial charge on any atom is -0.480 e. The number of amides is 2. The Bertz CT molecular complexity index is 1210. The number of carboxylic acids is 1. The number of aliphatic hydroxyl groups is 1. The molecule has 0 rings (SSSR count). The van der Waals surface area contributed by atoms with Crippen LogP contribution in [0, 0.1) is 0 Å². The molecule has 12 heteroatoms. The normalized spacial score (nSPS) is 12.6. The van der Waals surface area contributed by atoms with Crippen LogP contribution in [0.5, 0.6) is 0 Å². The molecule has 0 fully saturated rings. The first kappa shape index (κ1) is 66.7. The van der Waals surface area contributed by atoms with Crippen molar-refractivity contribution in [1.82, 2.24) is 10.6 Å². The molecule has 69 heavy (non-hydrogen) atoms. The predicted molar refractivity (Wildman–Crippen MR) is 288 cm³/mol. The number of ether oxygens (including phenoxy) is 2. The van der Waals surface area contributed by atoms with Crippen molar-refractivity contribution in [2.24, 2.45) is 0 Å². The standard InChI is InChI=1S/C57H108N2O9S/c1-4-7-10-13-16-19-22-25-28-31-34-37-40-43-53(61)58-52(56(64)59-51(46-60)57(65)66)49-69-48-50(68-55(63)45-42-39-36-33-30-27-24-21-18-15-12-9-6-3)47-67-54(62)44-41-38-35-32-29-26-23-20-17-14-11-8-5-2/h50-52,60H,4-49H2,1-3H3,(H,58,61)(H,59,64)(H,65,66)/t50-,51+,52-/m0/s1. The number of hydrogen-bond donors (Lipinski definition) is 4. The number of carboxylic acid groups (broad SMARTS) is 1. The second-order valence-electron chi connectivity index (χ2n) is 20.0. The highest BCUT2D eigenvalue weighted by atomic mass is 32.2. The van der Waals surface area contributed by atoms with E-state index >= 15 is 0 Å². The molecular formula is C57H108N2O9S. The summed E-state index contributed by atoms with van der Waals surface area (Å²) in [6.45, 7) is 5.83. The molecule has 0 saturated carbocycles. The highest BCUT2D eigenvalue weighted by Gasteiger charge is 2.27. The first-order valence-corrected chi connectivity index (χ1v) is 30.2. The molecule has 0 aromatic carbocycles. The number of rotatable bonds is 54. The Morgan fingerprint density at radius 2 is 0.754 bits per heavy atom. The van der Waals surface area contributed by atoms with E-state index in [2.05, 4.69) is 31.4 Å². The minimum atomic E-state index is -1.52. The lowest BCUT2D eigenvalue weighted by molar-refractivity contribution is -0.157. The van der Waals surface area contributed by atoms with Crippen LogP contribution in [0.3, 0.4) is 0 Å². The van der Waals surface area contributed by atoms with Crippen LogP contribution in [0.15, 0.2) is 0 Å². The molecule has 0 aliphatic rings. The lowest BCUT2D eigenvalue weighted by Gasteiger charge is -2.22. The summed E-state index contributed by atoms with van der Waals surface area (Å²) in [5.74, 6) is -2.83. The number of thioether (sulfide) groups is 1. The van der Waals surface area contributed by atoms with E-state index in [4.69, 9.17) is 9.47 Å². The van der Waals surface area contributed by atoms with Gasteiger partial charge in [-0.2, -0.15) is 11.8 Å². The molecule has 4 N–H and O–H groups in total. The fourth-order valence-electron chi connectivity index (χ4n) is 8.72. The SMILES string of the molecule is CCCCCCCCCCCCCCCC(=O)N[C@@H](CSC[C@H](COC(=O)CCCCCCCCCCCCCCC)OC(=O)CCCCCCCCCCCCCCC)C(=O)N[C@H](CO)C(=O)O. The van der Waals surface area contributed by atoms with E-state index in [1.807, 2.05) is 0 Å². The van der Waals surface area contributed by atoms with Crippen LogP contribution < -0.4 is 10.6 Å². The molecule has 0 saturated heterocycles. The quantitative estimate of drug-likeness (QED) is 0.0340. The summed E-state index contributed by atoms with van der Waals surface area (Å²) >= 11 is 1.26. The Hall–Kier alpha value is -2.34. The average Bonchev–Trinajstić information content (AvgIpc) is 3.33. The zero-order valence-corrected chi connectivity index (χ0v) is 45.7. The van der Waals surface area contributed by atoms with Crippen molar-refractivity contribution in [3.8, 4) is 0 Å². The zero-order chi connectivity index (χ0) is 50.7. The number of aliphatic hydroxyl groups excluding tert-OH is 1. The van der Waals surface area contributed by atoms with Crippen molar-refractivity contribution in [1.29, 1.82) is 0 Å². The van der Waals surface area contributed by atoms with Gasteiger partial charge in [-0.1, -0.05) is 252 Å². The summed E-state index contributed by atoms with van der Waals surface area (Å²) in [5, 5.41) is 24.2. The molecule has 3 atom stereocenters. The van der Waals surface area contributed by atoms with Crippen LogP contribution in [0.2, 0.25) is 0 Å². The first-order chi connectivity index (χ1) is 33.7. The van der Waals surface area contributed by atoms with Gasteiger partial charge in [0.1, 0.15) is 24.8 Å². The van der Waals surface area contributed by atoms with Crippen molar-refractivity contribution >= 4 is 41.5 Å². The third-order valence-corrected chi connectivity index (χ3v) is 14.4. The number of esters is 2. The van der Waals surface area contributed by atoms with Crippen LogP contribution in [0.25, 0.3) is 0 Å². The Balaban J connectivity index is 5.08. The van der Waals surface area contributed by atoms with Crippen LogP contribution >= 0.6 is 11.8 Å². The highest BCUT2D eigenvalue weighted by Crippen LogP contribution is 2.18. The van der Waals surface area contributed by atoms with Gasteiger partial charge in [0.15, 0.2) is 0 Å². The van der Waals surface area contributed by atoms with Crippen LogP contribution in [0.4, 0.5) is 0 Å². The summed E-state index contributed by atoms with van der Waals surface area (Å²) in [4.78, 5) is 63.9. The maximum atomic E-state index is 13.3. The number of carbonyl (C=O) groups is 5. The molecule has 0 aliphatic heterocycles. The van der Waals surface area contributed by atoms with Crippen molar-refractivity contribution in [3.63, 3.8) is 0 Å². The van der Waals surface area contributed by atoms with E-state index in [0.717, 1.165) is 64.2 Å².